The molecule has 2 N–H and O–H groups in total. The maximum Gasteiger partial charge on any atom is 0.128 e. The number of anilines is 1. The number of nitriles is 1. The summed E-state index contributed by atoms with van der Waals surface area (Å²) in [6.45, 7) is 0. The summed E-state index contributed by atoms with van der Waals surface area (Å²) in [6.07, 6.45) is 0. The zero-order chi connectivity index (χ0) is 13.8. The number of hydrogen-bond acceptors (Lipinski definition) is 3. The van der Waals surface area contributed by atoms with Crippen LogP contribution in [0.3, 0.4) is 0 Å². The molecule has 19 heavy (non-hydrogen) atoms. The van der Waals surface area contributed by atoms with Crippen molar-refractivity contribution in [2.24, 2.45) is 0 Å². The van der Waals surface area contributed by atoms with E-state index in [1.54, 1.807) is 24.3 Å². The van der Waals surface area contributed by atoms with Crippen molar-refractivity contribution in [2.75, 3.05) is 5.73 Å². The van der Waals surface area contributed by atoms with Crippen LogP contribution in [0.5, 0.6) is 0 Å². The smallest absolute Gasteiger partial charge is 0.128 e. The highest BCUT2D eigenvalue weighted by molar-refractivity contribution is 7.98. The molecule has 0 spiro atoms. The molecular weight excluding hydrogens is 283 g/mol. The number of nitrogens with zero attached hydrogens (tertiary/aromatic N) is 1. The summed E-state index contributed by atoms with van der Waals surface area (Å²) in [5.41, 5.74) is 7.26. The van der Waals surface area contributed by atoms with Crippen LogP contribution in [0.15, 0.2) is 41.3 Å². The van der Waals surface area contributed by atoms with Crippen LogP contribution >= 0.6 is 23.4 Å². The lowest BCUT2D eigenvalue weighted by Crippen LogP contribution is -1.91. The fourth-order valence-corrected chi connectivity index (χ4v) is 2.66. The van der Waals surface area contributed by atoms with Crippen molar-refractivity contribution in [3.63, 3.8) is 0 Å². The normalized spacial score (nSPS) is 10.2. The second-order valence-electron chi connectivity index (χ2n) is 3.89. The number of hydrogen-bond donors (Lipinski definition) is 1. The van der Waals surface area contributed by atoms with Crippen LogP contribution in [0.2, 0.25) is 5.02 Å². The highest BCUT2D eigenvalue weighted by Crippen LogP contribution is 2.30. The van der Waals surface area contributed by atoms with E-state index in [4.69, 9.17) is 22.6 Å². The zero-order valence-electron chi connectivity index (χ0n) is 9.86. The molecule has 2 nitrogen and oxygen atoms in total. The third kappa shape index (κ3) is 3.40. The summed E-state index contributed by atoms with van der Waals surface area (Å²) in [7, 11) is 0. The van der Waals surface area contributed by atoms with E-state index in [1.807, 2.05) is 12.1 Å². The molecule has 0 atom stereocenters. The summed E-state index contributed by atoms with van der Waals surface area (Å²) in [5, 5.41) is 9.25. The minimum atomic E-state index is -0.376. The Hall–Kier alpha value is -1.70. The predicted octanol–water partition coefficient (Wildman–Crippen LogP) is 4.23. The van der Waals surface area contributed by atoms with E-state index in [9.17, 15) is 4.39 Å². The van der Waals surface area contributed by atoms with Gasteiger partial charge in [0.15, 0.2) is 0 Å². The number of nitrogen functional groups attached to an aromatic ring is 1. The van der Waals surface area contributed by atoms with Crippen LogP contribution in [0.4, 0.5) is 10.1 Å². The number of rotatable bonds is 3. The topological polar surface area (TPSA) is 49.8 Å². The lowest BCUT2D eigenvalue weighted by atomic mass is 10.1. The number of thioether (sulfide) groups is 1. The molecular formula is C14H10ClFN2S. The molecule has 0 fully saturated rings. The van der Waals surface area contributed by atoms with Crippen molar-refractivity contribution >= 4 is 29.1 Å². The van der Waals surface area contributed by atoms with E-state index >= 15 is 0 Å². The summed E-state index contributed by atoms with van der Waals surface area (Å²) >= 11 is 7.24. The van der Waals surface area contributed by atoms with E-state index < -0.39 is 0 Å². The molecule has 0 saturated heterocycles. The van der Waals surface area contributed by atoms with Gasteiger partial charge in [0.1, 0.15) is 5.82 Å². The highest BCUT2D eigenvalue weighted by atomic mass is 35.5. The minimum absolute atomic E-state index is 0.317. The monoisotopic (exact) mass is 292 g/mol. The first-order chi connectivity index (χ1) is 9.10. The third-order valence-corrected chi connectivity index (χ3v) is 3.91. The first-order valence-electron chi connectivity index (χ1n) is 5.46. The van der Waals surface area contributed by atoms with Crippen molar-refractivity contribution in [3.05, 3.63) is 58.4 Å². The molecule has 0 heterocycles. The largest absolute Gasteiger partial charge is 0.398 e. The standard InChI is InChI=1S/C14H10ClFN2S/c15-11-3-4-14(13(18)6-11)19-8-10-2-1-9(7-17)5-12(10)16/h1-6H,8,18H2. The van der Waals surface area contributed by atoms with Crippen molar-refractivity contribution < 1.29 is 4.39 Å². The Balaban J connectivity index is 2.13. The molecule has 96 valence electrons. The van der Waals surface area contributed by atoms with Gasteiger partial charge < -0.3 is 5.73 Å². The van der Waals surface area contributed by atoms with Crippen molar-refractivity contribution in [3.8, 4) is 6.07 Å². The van der Waals surface area contributed by atoms with E-state index in [2.05, 4.69) is 0 Å². The second-order valence-corrected chi connectivity index (χ2v) is 5.34. The van der Waals surface area contributed by atoms with Gasteiger partial charge in [0.05, 0.1) is 11.6 Å². The van der Waals surface area contributed by atoms with Gasteiger partial charge in [-0.25, -0.2) is 4.39 Å². The van der Waals surface area contributed by atoms with Crippen LogP contribution in [0.1, 0.15) is 11.1 Å². The van der Waals surface area contributed by atoms with Gasteiger partial charge >= 0.3 is 0 Å². The van der Waals surface area contributed by atoms with Gasteiger partial charge in [-0.15, -0.1) is 11.8 Å². The maximum atomic E-state index is 13.7. The zero-order valence-corrected chi connectivity index (χ0v) is 11.4. The second kappa shape index (κ2) is 5.96. The van der Waals surface area contributed by atoms with Gasteiger partial charge in [-0.1, -0.05) is 17.7 Å². The molecule has 0 aliphatic rings. The summed E-state index contributed by atoms with van der Waals surface area (Å²) in [5.74, 6) is 0.0719. The first kappa shape index (κ1) is 13.7. The maximum absolute atomic E-state index is 13.7. The average molecular weight is 293 g/mol. The van der Waals surface area contributed by atoms with E-state index in [0.717, 1.165) is 4.90 Å². The number of nitrogens with two attached hydrogens (primary N) is 1. The Morgan fingerprint density at radius 3 is 2.68 bits per heavy atom. The van der Waals surface area contributed by atoms with E-state index in [-0.39, 0.29) is 5.82 Å². The molecule has 2 rings (SSSR count). The van der Waals surface area contributed by atoms with Gasteiger partial charge in [-0.3, -0.25) is 0 Å². The SMILES string of the molecule is N#Cc1ccc(CSc2ccc(Cl)cc2N)c(F)c1. The van der Waals surface area contributed by atoms with Gasteiger partial charge in [-0.05, 0) is 35.9 Å². The Kier molecular flexibility index (Phi) is 4.31. The predicted molar refractivity (Wildman–Crippen MR) is 76.5 cm³/mol. The quantitative estimate of drug-likeness (QED) is 0.680. The molecule has 0 aliphatic carbocycles. The fourth-order valence-electron chi connectivity index (χ4n) is 1.54. The van der Waals surface area contributed by atoms with Crippen LogP contribution in [0, 0.1) is 17.1 Å². The molecule has 2 aromatic rings. The Labute approximate surface area is 120 Å². The summed E-state index contributed by atoms with van der Waals surface area (Å²) in [4.78, 5) is 0.855. The molecule has 0 bridgehead atoms. The Morgan fingerprint density at radius 1 is 1.26 bits per heavy atom. The van der Waals surface area contributed by atoms with Gasteiger partial charge in [0.25, 0.3) is 0 Å². The van der Waals surface area contributed by atoms with E-state index in [1.165, 1.54) is 17.8 Å². The first-order valence-corrected chi connectivity index (χ1v) is 6.83. The molecule has 0 aliphatic heterocycles. The summed E-state index contributed by atoms with van der Waals surface area (Å²) in [6, 6.07) is 11.6. The number of halogens is 2. The molecule has 0 saturated carbocycles. The molecule has 0 aromatic heterocycles. The van der Waals surface area contributed by atoms with Crippen LogP contribution in [-0.2, 0) is 5.75 Å². The van der Waals surface area contributed by atoms with Gasteiger partial charge in [0, 0.05) is 21.4 Å². The molecule has 0 unspecified atom stereocenters. The Morgan fingerprint density at radius 2 is 2.05 bits per heavy atom. The van der Waals surface area contributed by atoms with Crippen molar-refractivity contribution in [1.82, 2.24) is 0 Å². The molecule has 0 radical (unpaired) electrons. The van der Waals surface area contributed by atoms with Crippen molar-refractivity contribution in [2.45, 2.75) is 10.6 Å². The van der Waals surface area contributed by atoms with Gasteiger partial charge in [-0.2, -0.15) is 5.26 Å². The lowest BCUT2D eigenvalue weighted by molar-refractivity contribution is 0.617. The average Bonchev–Trinajstić information content (AvgIpc) is 2.39. The summed E-state index contributed by atoms with van der Waals surface area (Å²) < 4.78 is 13.7. The van der Waals surface area contributed by atoms with E-state index in [0.29, 0.717) is 27.6 Å². The van der Waals surface area contributed by atoms with Crippen LogP contribution < -0.4 is 5.73 Å². The number of benzene rings is 2. The molecule has 5 heteroatoms. The minimum Gasteiger partial charge on any atom is -0.398 e. The van der Waals surface area contributed by atoms with Gasteiger partial charge in [0.2, 0.25) is 0 Å². The van der Waals surface area contributed by atoms with Crippen LogP contribution in [0.25, 0.3) is 0 Å². The van der Waals surface area contributed by atoms with Crippen molar-refractivity contribution in [1.29, 1.82) is 5.26 Å². The Bertz CT molecular complexity index is 652. The third-order valence-electron chi connectivity index (χ3n) is 2.54. The highest BCUT2D eigenvalue weighted by Gasteiger charge is 2.06. The molecule has 2 aromatic carbocycles. The molecule has 0 amide bonds. The van der Waals surface area contributed by atoms with Crippen LogP contribution in [-0.4, -0.2) is 0 Å². The lowest BCUT2D eigenvalue weighted by Gasteiger charge is -2.07. The fraction of sp³-hybridized carbons (Fsp3) is 0.0714.